The standard InChI is InChI=1S/C12H18BrNO3S/c1-9-4-5-10(6-11(9)13)18(16,17)14-7-12(2,3)8-15/h4-6,14-15H,7-8H2,1-3H3. The van der Waals surface area contributed by atoms with E-state index in [9.17, 15) is 8.42 Å². The van der Waals surface area contributed by atoms with Gasteiger partial charge in [0.25, 0.3) is 0 Å². The van der Waals surface area contributed by atoms with Gasteiger partial charge in [0.15, 0.2) is 0 Å². The van der Waals surface area contributed by atoms with E-state index >= 15 is 0 Å². The van der Waals surface area contributed by atoms with Crippen molar-refractivity contribution in [1.29, 1.82) is 0 Å². The smallest absolute Gasteiger partial charge is 0.240 e. The summed E-state index contributed by atoms with van der Waals surface area (Å²) < 4.78 is 27.4. The molecule has 2 N–H and O–H groups in total. The summed E-state index contributed by atoms with van der Waals surface area (Å²) >= 11 is 3.31. The van der Waals surface area contributed by atoms with E-state index in [4.69, 9.17) is 5.11 Å². The van der Waals surface area contributed by atoms with Gasteiger partial charge in [0.05, 0.1) is 4.90 Å². The van der Waals surface area contributed by atoms with Gasteiger partial charge in [0.2, 0.25) is 10.0 Å². The zero-order valence-electron chi connectivity index (χ0n) is 10.7. The molecule has 6 heteroatoms. The summed E-state index contributed by atoms with van der Waals surface area (Å²) in [6, 6.07) is 4.88. The van der Waals surface area contributed by atoms with Crippen LogP contribution in [0.15, 0.2) is 27.6 Å². The van der Waals surface area contributed by atoms with Crippen LogP contribution in [0.4, 0.5) is 0 Å². The van der Waals surface area contributed by atoms with E-state index in [2.05, 4.69) is 20.7 Å². The second-order valence-corrected chi connectivity index (χ2v) is 7.68. The molecular weight excluding hydrogens is 318 g/mol. The predicted octanol–water partition coefficient (Wildman–Crippen LogP) is 2.05. The minimum absolute atomic E-state index is 0.0763. The highest BCUT2D eigenvalue weighted by atomic mass is 79.9. The predicted molar refractivity (Wildman–Crippen MR) is 74.9 cm³/mol. The lowest BCUT2D eigenvalue weighted by molar-refractivity contribution is 0.163. The van der Waals surface area contributed by atoms with E-state index < -0.39 is 15.4 Å². The molecule has 4 nitrogen and oxygen atoms in total. The molecule has 0 fully saturated rings. The third-order valence-electron chi connectivity index (χ3n) is 2.62. The minimum Gasteiger partial charge on any atom is -0.396 e. The first kappa shape index (κ1) is 15.6. The Hall–Kier alpha value is -0.430. The Bertz CT molecular complexity index is 526. The first-order valence-corrected chi connectivity index (χ1v) is 7.82. The molecule has 0 radical (unpaired) electrons. The van der Waals surface area contributed by atoms with Crippen molar-refractivity contribution in [2.45, 2.75) is 25.7 Å². The molecular formula is C12H18BrNO3S. The molecule has 0 atom stereocenters. The van der Waals surface area contributed by atoms with E-state index in [1.165, 1.54) is 0 Å². The first-order chi connectivity index (χ1) is 8.18. The molecule has 1 aromatic carbocycles. The second-order valence-electron chi connectivity index (χ2n) is 5.06. The van der Waals surface area contributed by atoms with Gasteiger partial charge in [-0.1, -0.05) is 35.8 Å². The van der Waals surface area contributed by atoms with E-state index in [0.29, 0.717) is 0 Å². The lowest BCUT2D eigenvalue weighted by Gasteiger charge is -2.21. The second kappa shape index (κ2) is 5.69. The van der Waals surface area contributed by atoms with Gasteiger partial charge < -0.3 is 5.11 Å². The highest BCUT2D eigenvalue weighted by Gasteiger charge is 2.21. The maximum atomic E-state index is 12.0. The number of aryl methyl sites for hydroxylation is 1. The Morgan fingerprint density at radius 2 is 2.00 bits per heavy atom. The van der Waals surface area contributed by atoms with Gasteiger partial charge >= 0.3 is 0 Å². The monoisotopic (exact) mass is 335 g/mol. The van der Waals surface area contributed by atoms with Crippen LogP contribution in [0.5, 0.6) is 0 Å². The fraction of sp³-hybridized carbons (Fsp3) is 0.500. The summed E-state index contributed by atoms with van der Waals surface area (Å²) in [5, 5.41) is 9.10. The Balaban J connectivity index is 2.90. The summed E-state index contributed by atoms with van der Waals surface area (Å²) in [5.74, 6) is 0. The number of nitrogens with one attached hydrogen (secondary N) is 1. The van der Waals surface area contributed by atoms with Crippen molar-refractivity contribution in [3.63, 3.8) is 0 Å². The third kappa shape index (κ3) is 4.05. The molecule has 0 spiro atoms. The van der Waals surface area contributed by atoms with Gasteiger partial charge in [-0.05, 0) is 24.6 Å². The molecule has 0 aliphatic rings. The maximum absolute atomic E-state index is 12.0. The van der Waals surface area contributed by atoms with Crippen LogP contribution in [-0.4, -0.2) is 26.7 Å². The average Bonchev–Trinajstić information content (AvgIpc) is 2.30. The van der Waals surface area contributed by atoms with Crippen LogP contribution >= 0.6 is 15.9 Å². The van der Waals surface area contributed by atoms with Gasteiger partial charge in [0.1, 0.15) is 0 Å². The average molecular weight is 336 g/mol. The van der Waals surface area contributed by atoms with E-state index in [1.54, 1.807) is 32.0 Å². The first-order valence-electron chi connectivity index (χ1n) is 5.55. The van der Waals surface area contributed by atoms with Crippen LogP contribution in [0.2, 0.25) is 0 Å². The molecule has 0 bridgehead atoms. The van der Waals surface area contributed by atoms with Gasteiger partial charge in [-0.2, -0.15) is 0 Å². The highest BCUT2D eigenvalue weighted by molar-refractivity contribution is 9.10. The SMILES string of the molecule is Cc1ccc(S(=O)(=O)NCC(C)(C)CO)cc1Br. The molecule has 102 valence electrons. The Kier molecular flexibility index (Phi) is 4.94. The number of benzene rings is 1. The molecule has 1 rings (SSSR count). The zero-order valence-corrected chi connectivity index (χ0v) is 13.1. The molecule has 0 amide bonds. The minimum atomic E-state index is -3.53. The van der Waals surface area contributed by atoms with Crippen molar-refractivity contribution >= 4 is 26.0 Å². The maximum Gasteiger partial charge on any atom is 0.240 e. The summed E-state index contributed by atoms with van der Waals surface area (Å²) in [5.41, 5.74) is 0.499. The molecule has 0 unspecified atom stereocenters. The highest BCUT2D eigenvalue weighted by Crippen LogP contribution is 2.21. The number of sulfonamides is 1. The van der Waals surface area contributed by atoms with Crippen molar-refractivity contribution in [3.8, 4) is 0 Å². The summed E-state index contributed by atoms with van der Waals surface area (Å²) in [6.45, 7) is 5.59. The molecule has 0 saturated heterocycles. The Labute approximate surface area is 117 Å². The molecule has 0 aliphatic carbocycles. The quantitative estimate of drug-likeness (QED) is 0.865. The molecule has 1 aromatic rings. The number of hydrogen-bond acceptors (Lipinski definition) is 3. The van der Waals surface area contributed by atoms with Crippen molar-refractivity contribution in [2.24, 2.45) is 5.41 Å². The fourth-order valence-corrected chi connectivity index (χ4v) is 2.97. The third-order valence-corrected chi connectivity index (χ3v) is 4.88. The van der Waals surface area contributed by atoms with Crippen LogP contribution in [0, 0.1) is 12.3 Å². The van der Waals surface area contributed by atoms with Crippen LogP contribution in [0.25, 0.3) is 0 Å². The van der Waals surface area contributed by atoms with E-state index in [0.717, 1.165) is 10.0 Å². The molecule has 0 aromatic heterocycles. The van der Waals surface area contributed by atoms with Crippen molar-refractivity contribution in [3.05, 3.63) is 28.2 Å². The van der Waals surface area contributed by atoms with Crippen LogP contribution < -0.4 is 4.72 Å². The largest absolute Gasteiger partial charge is 0.396 e. The van der Waals surface area contributed by atoms with Crippen molar-refractivity contribution in [1.82, 2.24) is 4.72 Å². The van der Waals surface area contributed by atoms with Crippen molar-refractivity contribution in [2.75, 3.05) is 13.2 Å². The van der Waals surface area contributed by atoms with Crippen LogP contribution in [0.1, 0.15) is 19.4 Å². The van der Waals surface area contributed by atoms with Gasteiger partial charge in [-0.3, -0.25) is 0 Å². The number of halogens is 1. The summed E-state index contributed by atoms with van der Waals surface area (Å²) in [7, 11) is -3.53. The normalized spacial score (nSPS) is 12.7. The van der Waals surface area contributed by atoms with E-state index in [1.807, 2.05) is 6.92 Å². The number of hydrogen-bond donors (Lipinski definition) is 2. The molecule has 0 aliphatic heterocycles. The lowest BCUT2D eigenvalue weighted by Crippen LogP contribution is -2.36. The number of rotatable bonds is 5. The summed E-state index contributed by atoms with van der Waals surface area (Å²) in [4.78, 5) is 0.216. The van der Waals surface area contributed by atoms with Crippen molar-refractivity contribution < 1.29 is 13.5 Å². The van der Waals surface area contributed by atoms with E-state index in [-0.39, 0.29) is 18.0 Å². The fourth-order valence-electron chi connectivity index (χ4n) is 1.17. The Morgan fingerprint density at radius 3 is 2.50 bits per heavy atom. The molecule has 18 heavy (non-hydrogen) atoms. The van der Waals surface area contributed by atoms with Gasteiger partial charge in [0, 0.05) is 23.0 Å². The van der Waals surface area contributed by atoms with Crippen LogP contribution in [0.3, 0.4) is 0 Å². The summed E-state index contributed by atoms with van der Waals surface area (Å²) in [6.07, 6.45) is 0. The molecule has 0 heterocycles. The number of aliphatic hydroxyl groups excluding tert-OH is 1. The number of aliphatic hydroxyl groups is 1. The topological polar surface area (TPSA) is 66.4 Å². The lowest BCUT2D eigenvalue weighted by atomic mass is 9.96. The zero-order chi connectivity index (χ0) is 14.0. The Morgan fingerprint density at radius 1 is 1.39 bits per heavy atom. The molecule has 0 saturated carbocycles. The van der Waals surface area contributed by atoms with Gasteiger partial charge in [-0.15, -0.1) is 0 Å². The van der Waals surface area contributed by atoms with Gasteiger partial charge in [-0.25, -0.2) is 13.1 Å². The van der Waals surface area contributed by atoms with Crippen LogP contribution in [-0.2, 0) is 10.0 Å².